The molecule has 0 atom stereocenters. The molecule has 23 heavy (non-hydrogen) atoms. The van der Waals surface area contributed by atoms with Crippen molar-refractivity contribution in [3.63, 3.8) is 0 Å². The molecule has 1 aliphatic carbocycles. The van der Waals surface area contributed by atoms with Gasteiger partial charge in [-0.2, -0.15) is 0 Å². The Morgan fingerprint density at radius 1 is 1.13 bits per heavy atom. The van der Waals surface area contributed by atoms with Gasteiger partial charge in [-0.1, -0.05) is 35.5 Å². The van der Waals surface area contributed by atoms with E-state index in [0.29, 0.717) is 17.1 Å². The summed E-state index contributed by atoms with van der Waals surface area (Å²) < 4.78 is 5.44. The molecule has 1 fully saturated rings. The van der Waals surface area contributed by atoms with Crippen LogP contribution in [0.5, 0.6) is 0 Å². The zero-order valence-electron chi connectivity index (χ0n) is 12.4. The minimum absolute atomic E-state index is 0.0570. The molecule has 5 nitrogen and oxygen atoms in total. The van der Waals surface area contributed by atoms with E-state index in [1.54, 1.807) is 18.5 Å². The Balaban J connectivity index is 1.58. The highest BCUT2D eigenvalue weighted by molar-refractivity contribution is 6.01. The Morgan fingerprint density at radius 3 is 2.65 bits per heavy atom. The van der Waals surface area contributed by atoms with Crippen LogP contribution < -0.4 is 5.32 Å². The van der Waals surface area contributed by atoms with Crippen LogP contribution in [0.15, 0.2) is 65.4 Å². The van der Waals surface area contributed by atoms with Crippen molar-refractivity contribution in [2.45, 2.75) is 18.3 Å². The predicted molar refractivity (Wildman–Crippen MR) is 85.7 cm³/mol. The largest absolute Gasteiger partial charge is 0.356 e. The van der Waals surface area contributed by atoms with Crippen molar-refractivity contribution in [2.24, 2.45) is 0 Å². The average Bonchev–Trinajstić information content (AvgIpc) is 3.27. The second-order valence-corrected chi connectivity index (χ2v) is 5.72. The molecule has 2 aromatic heterocycles. The number of nitrogens with zero attached hydrogens (tertiary/aromatic N) is 2. The summed E-state index contributed by atoms with van der Waals surface area (Å²) in [5.74, 6) is 0.625. The number of hydrogen-bond donors (Lipinski definition) is 1. The van der Waals surface area contributed by atoms with Crippen molar-refractivity contribution in [1.82, 2.24) is 10.1 Å². The molecular weight excluding hydrogens is 290 g/mol. The van der Waals surface area contributed by atoms with Crippen molar-refractivity contribution < 1.29 is 9.32 Å². The molecule has 0 saturated heterocycles. The summed E-state index contributed by atoms with van der Waals surface area (Å²) in [6.45, 7) is 0. The van der Waals surface area contributed by atoms with Crippen LogP contribution >= 0.6 is 0 Å². The number of anilines is 1. The summed E-state index contributed by atoms with van der Waals surface area (Å²) in [7, 11) is 0. The van der Waals surface area contributed by atoms with Gasteiger partial charge in [-0.25, -0.2) is 0 Å². The molecule has 1 aromatic carbocycles. The average molecular weight is 305 g/mol. The van der Waals surface area contributed by atoms with E-state index in [9.17, 15) is 4.79 Å². The Labute approximate surface area is 133 Å². The summed E-state index contributed by atoms with van der Waals surface area (Å²) in [5.41, 5.74) is 1.76. The number of carbonyl (C=O) groups is 1. The standard InChI is InChI=1S/C18H15N3O2/c22-17(20-14-7-4-10-19-12-14)18(8-9-18)16-11-15(23-21-16)13-5-2-1-3-6-13/h1-7,10-12H,8-9H2,(H,20,22). The van der Waals surface area contributed by atoms with Crippen LogP contribution in [0.25, 0.3) is 11.3 Å². The highest BCUT2D eigenvalue weighted by Crippen LogP contribution is 2.49. The minimum Gasteiger partial charge on any atom is -0.356 e. The lowest BCUT2D eigenvalue weighted by molar-refractivity contribution is -0.118. The van der Waals surface area contributed by atoms with Gasteiger partial charge in [-0.3, -0.25) is 9.78 Å². The van der Waals surface area contributed by atoms with Gasteiger partial charge in [0.15, 0.2) is 5.76 Å². The summed E-state index contributed by atoms with van der Waals surface area (Å²) in [5, 5.41) is 7.05. The van der Waals surface area contributed by atoms with Crippen LogP contribution in [-0.2, 0) is 10.2 Å². The molecule has 3 aromatic rings. The molecule has 5 heteroatoms. The number of hydrogen-bond acceptors (Lipinski definition) is 4. The molecule has 1 saturated carbocycles. The molecule has 114 valence electrons. The second-order valence-electron chi connectivity index (χ2n) is 5.72. The molecule has 0 spiro atoms. The van der Waals surface area contributed by atoms with E-state index in [0.717, 1.165) is 18.4 Å². The summed E-state index contributed by atoms with van der Waals surface area (Å²) in [6, 6.07) is 15.2. The number of rotatable bonds is 4. The number of pyridine rings is 1. The summed E-state index contributed by atoms with van der Waals surface area (Å²) in [6.07, 6.45) is 4.86. The lowest BCUT2D eigenvalue weighted by Gasteiger charge is -2.11. The third-order valence-corrected chi connectivity index (χ3v) is 4.16. The molecule has 0 unspecified atom stereocenters. The van der Waals surface area contributed by atoms with Crippen molar-refractivity contribution in [3.05, 3.63) is 66.6 Å². The van der Waals surface area contributed by atoms with Crippen LogP contribution in [0.1, 0.15) is 18.5 Å². The van der Waals surface area contributed by atoms with E-state index in [2.05, 4.69) is 15.5 Å². The van der Waals surface area contributed by atoms with Gasteiger partial charge in [-0.15, -0.1) is 0 Å². The van der Waals surface area contributed by atoms with Crippen LogP contribution in [0, 0.1) is 0 Å². The van der Waals surface area contributed by atoms with Crippen LogP contribution in [-0.4, -0.2) is 16.0 Å². The number of nitrogens with one attached hydrogen (secondary N) is 1. The van der Waals surface area contributed by atoms with E-state index < -0.39 is 5.41 Å². The second kappa shape index (κ2) is 5.35. The zero-order chi connectivity index (χ0) is 15.7. The molecule has 0 aliphatic heterocycles. The van der Waals surface area contributed by atoms with Crippen molar-refractivity contribution in [3.8, 4) is 11.3 Å². The van der Waals surface area contributed by atoms with Gasteiger partial charge in [0.05, 0.1) is 23.0 Å². The molecule has 1 N–H and O–H groups in total. The van der Waals surface area contributed by atoms with Crippen molar-refractivity contribution >= 4 is 11.6 Å². The number of aromatic nitrogens is 2. The van der Waals surface area contributed by atoms with Crippen LogP contribution in [0.4, 0.5) is 5.69 Å². The third kappa shape index (κ3) is 2.50. The third-order valence-electron chi connectivity index (χ3n) is 4.16. The molecule has 2 heterocycles. The maximum atomic E-state index is 12.6. The molecule has 1 amide bonds. The van der Waals surface area contributed by atoms with E-state index in [4.69, 9.17) is 4.52 Å². The predicted octanol–water partition coefficient (Wildman–Crippen LogP) is 3.41. The topological polar surface area (TPSA) is 68.0 Å². The Hall–Kier alpha value is -2.95. The SMILES string of the molecule is O=C(Nc1cccnc1)C1(c2cc(-c3ccccc3)on2)CC1. The Bertz CT molecular complexity index is 824. The van der Waals surface area contributed by atoms with E-state index >= 15 is 0 Å². The van der Waals surface area contributed by atoms with Crippen molar-refractivity contribution in [2.75, 3.05) is 5.32 Å². The zero-order valence-corrected chi connectivity index (χ0v) is 12.4. The van der Waals surface area contributed by atoms with Crippen LogP contribution in [0.3, 0.4) is 0 Å². The van der Waals surface area contributed by atoms with E-state index in [1.165, 1.54) is 0 Å². The smallest absolute Gasteiger partial charge is 0.236 e. The number of benzene rings is 1. The van der Waals surface area contributed by atoms with Gasteiger partial charge in [0.25, 0.3) is 0 Å². The molecule has 1 aliphatic rings. The fourth-order valence-corrected chi connectivity index (χ4v) is 2.65. The van der Waals surface area contributed by atoms with Gasteiger partial charge >= 0.3 is 0 Å². The maximum absolute atomic E-state index is 12.6. The normalized spacial score (nSPS) is 15.1. The first-order valence-electron chi connectivity index (χ1n) is 7.52. The lowest BCUT2D eigenvalue weighted by atomic mass is 10.00. The van der Waals surface area contributed by atoms with Gasteiger partial charge in [0.2, 0.25) is 5.91 Å². The number of amides is 1. The highest BCUT2D eigenvalue weighted by Gasteiger charge is 2.53. The van der Waals surface area contributed by atoms with E-state index in [-0.39, 0.29) is 5.91 Å². The van der Waals surface area contributed by atoms with Gasteiger partial charge < -0.3 is 9.84 Å². The van der Waals surface area contributed by atoms with Gasteiger partial charge in [0, 0.05) is 17.8 Å². The molecule has 0 bridgehead atoms. The van der Waals surface area contributed by atoms with Gasteiger partial charge in [-0.05, 0) is 25.0 Å². The van der Waals surface area contributed by atoms with Crippen molar-refractivity contribution in [1.29, 1.82) is 0 Å². The first-order chi connectivity index (χ1) is 11.3. The Kier molecular flexibility index (Phi) is 3.19. The molecule has 0 radical (unpaired) electrons. The monoisotopic (exact) mass is 305 g/mol. The fraction of sp³-hybridized carbons (Fsp3) is 0.167. The lowest BCUT2D eigenvalue weighted by Crippen LogP contribution is -2.28. The summed E-state index contributed by atoms with van der Waals surface area (Å²) in [4.78, 5) is 16.6. The quantitative estimate of drug-likeness (QED) is 0.802. The number of carbonyl (C=O) groups excluding carboxylic acids is 1. The molecular formula is C18H15N3O2. The summed E-state index contributed by atoms with van der Waals surface area (Å²) >= 11 is 0. The first-order valence-corrected chi connectivity index (χ1v) is 7.52. The van der Waals surface area contributed by atoms with E-state index in [1.807, 2.05) is 42.5 Å². The minimum atomic E-state index is -0.577. The van der Waals surface area contributed by atoms with Gasteiger partial charge in [0.1, 0.15) is 0 Å². The first kappa shape index (κ1) is 13.7. The van der Waals surface area contributed by atoms with Crippen LogP contribution in [0.2, 0.25) is 0 Å². The highest BCUT2D eigenvalue weighted by atomic mass is 16.5. The Morgan fingerprint density at radius 2 is 1.96 bits per heavy atom. The molecule has 4 rings (SSSR count). The maximum Gasteiger partial charge on any atom is 0.236 e. The fourth-order valence-electron chi connectivity index (χ4n) is 2.65.